The largest absolute Gasteiger partial charge is 0.497 e. The number of benzene rings is 1. The van der Waals surface area contributed by atoms with Gasteiger partial charge in [0.15, 0.2) is 5.65 Å². The summed E-state index contributed by atoms with van der Waals surface area (Å²) in [6.45, 7) is 0. The van der Waals surface area contributed by atoms with Gasteiger partial charge >= 0.3 is 0 Å². The topological polar surface area (TPSA) is 91.2 Å². The van der Waals surface area contributed by atoms with E-state index in [1.807, 2.05) is 28.8 Å². The van der Waals surface area contributed by atoms with Crippen molar-refractivity contribution in [2.75, 3.05) is 7.11 Å². The van der Waals surface area contributed by atoms with Crippen LogP contribution in [0.1, 0.15) is 24.5 Å². The maximum absolute atomic E-state index is 5.67. The van der Waals surface area contributed by atoms with Crippen molar-refractivity contribution >= 4 is 16.6 Å². The molecule has 4 aromatic heterocycles. The SMILES string of the molecule is COc1ccc2nc(C3CC3)cc(-c3nc(-c4cnc5cnccn45)no3)c2c1. The fraction of sp³-hybridized carbons (Fsp3) is 0.190. The molecule has 1 fully saturated rings. The molecule has 0 amide bonds. The average Bonchev–Trinajstić information content (AvgIpc) is 3.35. The number of fused-ring (bicyclic) bond motifs is 2. The van der Waals surface area contributed by atoms with E-state index in [4.69, 9.17) is 14.2 Å². The number of aromatic nitrogens is 6. The molecule has 29 heavy (non-hydrogen) atoms. The van der Waals surface area contributed by atoms with Gasteiger partial charge in [0, 0.05) is 29.4 Å². The quantitative estimate of drug-likeness (QED) is 0.464. The second-order valence-electron chi connectivity index (χ2n) is 7.12. The lowest BCUT2D eigenvalue weighted by Crippen LogP contribution is -1.93. The fourth-order valence-electron chi connectivity index (χ4n) is 3.56. The van der Waals surface area contributed by atoms with Gasteiger partial charge in [-0.3, -0.25) is 14.4 Å². The summed E-state index contributed by atoms with van der Waals surface area (Å²) in [6.07, 6.45) is 9.26. The molecule has 4 heterocycles. The van der Waals surface area contributed by atoms with Crippen LogP contribution in [0.3, 0.4) is 0 Å². The molecule has 0 saturated heterocycles. The Morgan fingerprint density at radius 3 is 2.93 bits per heavy atom. The Kier molecular flexibility index (Phi) is 3.40. The number of rotatable bonds is 4. The summed E-state index contributed by atoms with van der Waals surface area (Å²) in [4.78, 5) is 17.9. The lowest BCUT2D eigenvalue weighted by atomic mass is 10.1. The van der Waals surface area contributed by atoms with Gasteiger partial charge < -0.3 is 9.26 Å². The van der Waals surface area contributed by atoms with Crippen molar-refractivity contribution in [2.24, 2.45) is 0 Å². The van der Waals surface area contributed by atoms with Crippen LogP contribution in [0.15, 0.2) is 53.6 Å². The summed E-state index contributed by atoms with van der Waals surface area (Å²) in [5, 5.41) is 5.13. The summed E-state index contributed by atoms with van der Waals surface area (Å²) in [6, 6.07) is 7.91. The molecule has 0 bridgehead atoms. The Morgan fingerprint density at radius 2 is 2.07 bits per heavy atom. The lowest BCUT2D eigenvalue weighted by Gasteiger charge is -2.08. The van der Waals surface area contributed by atoms with Gasteiger partial charge in [-0.2, -0.15) is 4.98 Å². The number of methoxy groups -OCH3 is 1. The van der Waals surface area contributed by atoms with E-state index < -0.39 is 0 Å². The van der Waals surface area contributed by atoms with E-state index in [1.54, 1.807) is 25.7 Å². The van der Waals surface area contributed by atoms with E-state index in [1.165, 1.54) is 12.8 Å². The second-order valence-corrected chi connectivity index (χ2v) is 7.12. The first-order valence-corrected chi connectivity index (χ1v) is 9.40. The van der Waals surface area contributed by atoms with Gasteiger partial charge in [-0.1, -0.05) is 5.16 Å². The van der Waals surface area contributed by atoms with E-state index >= 15 is 0 Å². The first-order chi connectivity index (χ1) is 14.3. The predicted molar refractivity (Wildman–Crippen MR) is 106 cm³/mol. The molecule has 0 N–H and O–H groups in total. The minimum absolute atomic E-state index is 0.451. The Labute approximate surface area is 165 Å². The molecular weight excluding hydrogens is 368 g/mol. The van der Waals surface area contributed by atoms with Gasteiger partial charge in [0.2, 0.25) is 5.82 Å². The number of pyridine rings is 1. The van der Waals surface area contributed by atoms with Gasteiger partial charge in [0.05, 0.1) is 30.6 Å². The molecule has 1 aromatic carbocycles. The third-order valence-electron chi connectivity index (χ3n) is 5.23. The zero-order valence-corrected chi connectivity index (χ0v) is 15.6. The van der Waals surface area contributed by atoms with Gasteiger partial charge in [0.1, 0.15) is 11.4 Å². The molecule has 1 aliphatic carbocycles. The van der Waals surface area contributed by atoms with Crippen molar-refractivity contribution in [1.82, 2.24) is 29.5 Å². The number of hydrogen-bond acceptors (Lipinski definition) is 7. The first kappa shape index (κ1) is 16.2. The monoisotopic (exact) mass is 384 g/mol. The highest BCUT2D eigenvalue weighted by Gasteiger charge is 2.27. The van der Waals surface area contributed by atoms with Crippen LogP contribution in [-0.4, -0.2) is 36.6 Å². The number of imidazole rings is 1. The van der Waals surface area contributed by atoms with Crippen molar-refractivity contribution < 1.29 is 9.26 Å². The smallest absolute Gasteiger partial charge is 0.259 e. The van der Waals surface area contributed by atoms with Gasteiger partial charge in [-0.15, -0.1) is 0 Å². The number of nitrogens with zero attached hydrogens (tertiary/aromatic N) is 6. The summed E-state index contributed by atoms with van der Waals surface area (Å²) in [5.41, 5.74) is 4.30. The third-order valence-corrected chi connectivity index (χ3v) is 5.23. The molecule has 142 valence electrons. The zero-order chi connectivity index (χ0) is 19.4. The highest BCUT2D eigenvalue weighted by atomic mass is 16.5. The zero-order valence-electron chi connectivity index (χ0n) is 15.6. The van der Waals surface area contributed by atoms with E-state index in [9.17, 15) is 0 Å². The predicted octanol–water partition coefficient (Wildman–Crippen LogP) is 3.88. The van der Waals surface area contributed by atoms with E-state index in [0.717, 1.165) is 39.3 Å². The van der Waals surface area contributed by atoms with E-state index in [-0.39, 0.29) is 0 Å². The van der Waals surface area contributed by atoms with Crippen LogP contribution < -0.4 is 4.74 Å². The van der Waals surface area contributed by atoms with E-state index in [0.29, 0.717) is 17.6 Å². The van der Waals surface area contributed by atoms with E-state index in [2.05, 4.69) is 26.2 Å². The maximum atomic E-state index is 5.67. The van der Waals surface area contributed by atoms with Crippen molar-refractivity contribution in [3.8, 4) is 28.7 Å². The molecule has 0 spiro atoms. The molecule has 1 saturated carbocycles. The highest BCUT2D eigenvalue weighted by molar-refractivity contribution is 5.93. The van der Waals surface area contributed by atoms with Gasteiger partial charge in [0.25, 0.3) is 5.89 Å². The van der Waals surface area contributed by atoms with Crippen molar-refractivity contribution in [2.45, 2.75) is 18.8 Å². The van der Waals surface area contributed by atoms with Crippen LogP contribution in [0.25, 0.3) is 39.5 Å². The van der Waals surface area contributed by atoms with Gasteiger partial charge in [-0.25, -0.2) is 4.98 Å². The minimum Gasteiger partial charge on any atom is -0.497 e. The number of ether oxygens (including phenoxy) is 1. The summed E-state index contributed by atoms with van der Waals surface area (Å²) in [7, 11) is 1.65. The maximum Gasteiger partial charge on any atom is 0.259 e. The van der Waals surface area contributed by atoms with Crippen molar-refractivity contribution in [1.29, 1.82) is 0 Å². The van der Waals surface area contributed by atoms with Crippen LogP contribution in [0.4, 0.5) is 0 Å². The molecule has 6 rings (SSSR count). The number of hydrogen-bond donors (Lipinski definition) is 0. The standard InChI is InChI=1S/C21H16N6O2/c1-28-13-4-5-16-14(8-13)15(9-17(24-16)12-2-3-12)21-25-20(26-29-21)18-10-23-19-11-22-6-7-27(18)19/h4-12H,2-3H2,1H3. The summed E-state index contributed by atoms with van der Waals surface area (Å²) < 4.78 is 13.0. The average molecular weight is 384 g/mol. The van der Waals surface area contributed by atoms with Crippen molar-refractivity contribution in [3.05, 3.63) is 54.7 Å². The van der Waals surface area contributed by atoms with Crippen molar-refractivity contribution in [3.63, 3.8) is 0 Å². The first-order valence-electron chi connectivity index (χ1n) is 9.40. The Bertz CT molecular complexity index is 1370. The van der Waals surface area contributed by atoms with Crippen LogP contribution >= 0.6 is 0 Å². The van der Waals surface area contributed by atoms with Crippen LogP contribution in [-0.2, 0) is 0 Å². The van der Waals surface area contributed by atoms with Crippen LogP contribution in [0, 0.1) is 0 Å². The van der Waals surface area contributed by atoms with Crippen LogP contribution in [0.2, 0.25) is 0 Å². The lowest BCUT2D eigenvalue weighted by molar-refractivity contribution is 0.415. The Morgan fingerprint density at radius 1 is 1.14 bits per heavy atom. The molecule has 8 heteroatoms. The molecule has 0 unspecified atom stereocenters. The summed E-state index contributed by atoms with van der Waals surface area (Å²) >= 11 is 0. The highest BCUT2D eigenvalue weighted by Crippen LogP contribution is 2.42. The molecule has 0 atom stereocenters. The molecule has 1 aliphatic rings. The third kappa shape index (κ3) is 2.64. The summed E-state index contributed by atoms with van der Waals surface area (Å²) in [5.74, 6) is 2.19. The molecule has 5 aromatic rings. The normalized spacial score (nSPS) is 14.0. The Balaban J connectivity index is 1.53. The fourth-order valence-corrected chi connectivity index (χ4v) is 3.56. The molecule has 0 radical (unpaired) electrons. The molecule has 8 nitrogen and oxygen atoms in total. The molecule has 0 aliphatic heterocycles. The Hall–Kier alpha value is -3.81. The van der Waals surface area contributed by atoms with Crippen LogP contribution in [0.5, 0.6) is 5.75 Å². The van der Waals surface area contributed by atoms with Gasteiger partial charge in [-0.05, 0) is 37.1 Å². The second kappa shape index (κ2) is 6.10. The minimum atomic E-state index is 0.451. The molecular formula is C21H16N6O2.